The number of hydrogen-bond acceptors (Lipinski definition) is 5. The molecule has 3 aromatic carbocycles. The number of nitrogens with one attached hydrogen (secondary N) is 1. The van der Waals surface area contributed by atoms with Crippen LogP contribution in [0.5, 0.6) is 11.5 Å². The summed E-state index contributed by atoms with van der Waals surface area (Å²) in [4.78, 5) is 24.8. The van der Waals surface area contributed by atoms with E-state index >= 15 is 0 Å². The molecule has 6 nitrogen and oxygen atoms in total. The van der Waals surface area contributed by atoms with Crippen molar-refractivity contribution in [3.05, 3.63) is 104 Å². The molecule has 0 atom stereocenters. The zero-order valence-corrected chi connectivity index (χ0v) is 21.1. The highest BCUT2D eigenvalue weighted by atomic mass is 35.5. The third kappa shape index (κ3) is 5.64. The van der Waals surface area contributed by atoms with Gasteiger partial charge in [-0.05, 0) is 47.5 Å². The fraction of sp³-hybridized carbons (Fsp3) is 0.0714. The Hall–Kier alpha value is -4.21. The molecule has 0 unspecified atom stereocenters. The number of phenolic OH excluding ortho intramolecular Hbond substituents is 1. The maximum Gasteiger partial charge on any atom is 0.573 e. The molecule has 1 aliphatic heterocycles. The molecule has 5 rings (SSSR count). The third-order valence-electron chi connectivity index (χ3n) is 5.89. The summed E-state index contributed by atoms with van der Waals surface area (Å²) in [6, 6.07) is 17.4. The Bertz CT molecular complexity index is 1730. The molecule has 1 amide bonds. The van der Waals surface area contributed by atoms with Gasteiger partial charge in [-0.2, -0.15) is 0 Å². The van der Waals surface area contributed by atoms with Crippen molar-refractivity contribution in [1.29, 1.82) is 0 Å². The summed E-state index contributed by atoms with van der Waals surface area (Å²) in [5, 5.41) is 13.4. The maximum atomic E-state index is 12.7. The summed E-state index contributed by atoms with van der Waals surface area (Å²) < 4.78 is 46.7. The summed E-state index contributed by atoms with van der Waals surface area (Å²) in [7, 11) is 0. The number of carbonyl (C=O) groups is 1. The van der Waals surface area contributed by atoms with Crippen molar-refractivity contribution < 1.29 is 32.2 Å². The number of phenols is 1. The number of carbonyl (C=O) groups excluding carboxylic acids is 1. The molecule has 1 heterocycles. The first-order chi connectivity index (χ1) is 18.5. The molecule has 198 valence electrons. The molecular weight excluding hydrogens is 558 g/mol. The molecular formula is C28H16Cl2F3NO5. The second-order valence-electron chi connectivity index (χ2n) is 8.51. The van der Waals surface area contributed by atoms with Gasteiger partial charge in [-0.15, -0.1) is 13.2 Å². The van der Waals surface area contributed by atoms with E-state index in [1.807, 2.05) is 0 Å². The van der Waals surface area contributed by atoms with Gasteiger partial charge in [0.2, 0.25) is 5.43 Å². The van der Waals surface area contributed by atoms with Crippen LogP contribution in [0.25, 0.3) is 33.4 Å². The molecule has 0 saturated carbocycles. The van der Waals surface area contributed by atoms with Crippen LogP contribution in [0.3, 0.4) is 0 Å². The fourth-order valence-electron chi connectivity index (χ4n) is 4.09. The average molecular weight is 574 g/mol. The third-order valence-corrected chi connectivity index (χ3v) is 6.49. The average Bonchev–Trinajstić information content (AvgIpc) is 2.88. The largest absolute Gasteiger partial charge is 0.573 e. The lowest BCUT2D eigenvalue weighted by Gasteiger charge is -2.16. The van der Waals surface area contributed by atoms with Crippen molar-refractivity contribution in [2.24, 2.45) is 0 Å². The zero-order valence-electron chi connectivity index (χ0n) is 19.6. The van der Waals surface area contributed by atoms with E-state index in [2.05, 4.69) is 10.1 Å². The molecule has 0 spiro atoms. The molecule has 2 N–H and O–H groups in total. The molecule has 39 heavy (non-hydrogen) atoms. The molecule has 0 aromatic heterocycles. The van der Waals surface area contributed by atoms with E-state index in [4.69, 9.17) is 27.6 Å². The van der Waals surface area contributed by atoms with Gasteiger partial charge in [-0.3, -0.25) is 9.59 Å². The van der Waals surface area contributed by atoms with Crippen LogP contribution < -0.4 is 15.5 Å². The smallest absolute Gasteiger partial charge is 0.506 e. The number of alkyl halides is 3. The van der Waals surface area contributed by atoms with E-state index in [0.717, 1.165) is 0 Å². The highest BCUT2D eigenvalue weighted by molar-refractivity contribution is 6.33. The number of benzene rings is 4. The van der Waals surface area contributed by atoms with Gasteiger partial charge in [0.15, 0.2) is 0 Å². The van der Waals surface area contributed by atoms with E-state index in [0.29, 0.717) is 33.2 Å². The first-order valence-electron chi connectivity index (χ1n) is 11.3. The molecule has 2 aliphatic rings. The van der Waals surface area contributed by atoms with Crippen LogP contribution in [0, 0.1) is 0 Å². The van der Waals surface area contributed by atoms with Crippen molar-refractivity contribution in [2.45, 2.75) is 12.9 Å². The van der Waals surface area contributed by atoms with Crippen LogP contribution in [0.15, 0.2) is 82.0 Å². The van der Waals surface area contributed by atoms with E-state index in [1.165, 1.54) is 48.5 Å². The van der Waals surface area contributed by atoms with Crippen LogP contribution in [-0.2, 0) is 6.54 Å². The molecule has 0 bridgehead atoms. The Balaban J connectivity index is 1.42. The van der Waals surface area contributed by atoms with E-state index in [1.54, 1.807) is 24.3 Å². The predicted molar refractivity (Wildman–Crippen MR) is 141 cm³/mol. The van der Waals surface area contributed by atoms with Gasteiger partial charge in [0.1, 0.15) is 22.8 Å². The van der Waals surface area contributed by atoms with Gasteiger partial charge in [-0.1, -0.05) is 47.5 Å². The van der Waals surface area contributed by atoms with Crippen molar-refractivity contribution in [2.75, 3.05) is 0 Å². The van der Waals surface area contributed by atoms with E-state index in [-0.39, 0.29) is 39.4 Å². The van der Waals surface area contributed by atoms with Crippen LogP contribution in [0.4, 0.5) is 13.2 Å². The zero-order chi connectivity index (χ0) is 27.9. The Morgan fingerprint density at radius 2 is 1.64 bits per heavy atom. The van der Waals surface area contributed by atoms with Gasteiger partial charge in [-0.25, -0.2) is 0 Å². The van der Waals surface area contributed by atoms with E-state index < -0.39 is 17.7 Å². The summed E-state index contributed by atoms with van der Waals surface area (Å²) >= 11 is 12.3. The number of fused-ring (bicyclic) bond motifs is 2. The van der Waals surface area contributed by atoms with Crippen molar-refractivity contribution >= 4 is 40.1 Å². The highest BCUT2D eigenvalue weighted by Crippen LogP contribution is 2.43. The monoisotopic (exact) mass is 573 g/mol. The fourth-order valence-corrected chi connectivity index (χ4v) is 4.42. The van der Waals surface area contributed by atoms with Gasteiger partial charge >= 0.3 is 6.36 Å². The maximum absolute atomic E-state index is 12.7. The number of ether oxygens (including phenoxy) is 1. The van der Waals surface area contributed by atoms with Gasteiger partial charge < -0.3 is 19.6 Å². The number of rotatable bonds is 5. The SMILES string of the molecule is O=C(NCc1ccc(OC(F)(F)F)cc1)c1ccc(-c2c3cc(Cl)c(=O)cc-3oc3cc(O)c(Cl)cc23)cc1. The Morgan fingerprint density at radius 1 is 0.949 bits per heavy atom. The van der Waals surface area contributed by atoms with Gasteiger partial charge in [0.05, 0.1) is 10.0 Å². The lowest BCUT2D eigenvalue weighted by Crippen LogP contribution is -2.22. The quantitative estimate of drug-likeness (QED) is 0.214. The van der Waals surface area contributed by atoms with Crippen LogP contribution in [0.2, 0.25) is 10.0 Å². The molecule has 3 aromatic rings. The van der Waals surface area contributed by atoms with Crippen LogP contribution in [-0.4, -0.2) is 17.4 Å². The number of hydrogen-bond donors (Lipinski definition) is 2. The summed E-state index contributed by atoms with van der Waals surface area (Å²) in [5.41, 5.74) is 2.59. The summed E-state index contributed by atoms with van der Waals surface area (Å²) in [6.07, 6.45) is -4.78. The van der Waals surface area contributed by atoms with Gasteiger partial charge in [0.25, 0.3) is 5.91 Å². The molecule has 0 fully saturated rings. The van der Waals surface area contributed by atoms with Crippen molar-refractivity contribution in [1.82, 2.24) is 5.32 Å². The highest BCUT2D eigenvalue weighted by Gasteiger charge is 2.31. The van der Waals surface area contributed by atoms with Crippen LogP contribution >= 0.6 is 23.2 Å². The van der Waals surface area contributed by atoms with Crippen molar-refractivity contribution in [3.63, 3.8) is 0 Å². The summed E-state index contributed by atoms with van der Waals surface area (Å²) in [6.45, 7) is 0.0837. The van der Waals surface area contributed by atoms with Crippen LogP contribution in [0.1, 0.15) is 15.9 Å². The lowest BCUT2D eigenvalue weighted by molar-refractivity contribution is -0.274. The minimum atomic E-state index is -4.78. The lowest BCUT2D eigenvalue weighted by atomic mass is 9.93. The molecule has 0 saturated heterocycles. The first-order valence-corrected chi connectivity index (χ1v) is 12.1. The number of aromatic hydroxyl groups is 1. The van der Waals surface area contributed by atoms with Crippen molar-refractivity contribution in [3.8, 4) is 33.9 Å². The Labute approximate surface area is 228 Å². The molecule has 0 radical (unpaired) electrons. The topological polar surface area (TPSA) is 88.8 Å². The Morgan fingerprint density at radius 3 is 2.31 bits per heavy atom. The second kappa shape index (κ2) is 10.2. The molecule has 1 aliphatic carbocycles. The first kappa shape index (κ1) is 26.4. The minimum absolute atomic E-state index is 0.00262. The Kier molecular flexibility index (Phi) is 6.88. The number of amides is 1. The van der Waals surface area contributed by atoms with Gasteiger partial charge in [0, 0.05) is 40.8 Å². The molecule has 11 heteroatoms. The second-order valence-corrected chi connectivity index (χ2v) is 9.32. The minimum Gasteiger partial charge on any atom is -0.506 e. The normalized spacial score (nSPS) is 11.6. The predicted octanol–water partition coefficient (Wildman–Crippen LogP) is 7.41. The number of halogens is 5. The summed E-state index contributed by atoms with van der Waals surface area (Å²) in [5.74, 6) is -0.695. The standard InChI is InChI=1S/C28H16Cl2F3NO5/c29-20-9-18-24(11-22(20)35)38-25-12-23(36)21(30)10-19(25)26(18)15-3-5-16(6-4-15)27(37)34-13-14-1-7-17(8-2-14)39-28(31,32)33/h1-12,35H,13H2,(H,34,37). The van der Waals surface area contributed by atoms with E-state index in [9.17, 15) is 27.9 Å².